The van der Waals surface area contributed by atoms with Gasteiger partial charge in [0, 0.05) is 31.0 Å². The van der Waals surface area contributed by atoms with Gasteiger partial charge >= 0.3 is 0 Å². The van der Waals surface area contributed by atoms with Gasteiger partial charge in [0.25, 0.3) is 5.91 Å². The first-order valence-corrected chi connectivity index (χ1v) is 11.4. The second-order valence-electron chi connectivity index (χ2n) is 6.28. The van der Waals surface area contributed by atoms with Crippen molar-refractivity contribution in [3.8, 4) is 0 Å². The zero-order valence-corrected chi connectivity index (χ0v) is 16.7. The minimum atomic E-state index is -3.62. The number of carbonyl (C=O) groups is 1. The van der Waals surface area contributed by atoms with Gasteiger partial charge in [-0.1, -0.05) is 0 Å². The molecule has 0 saturated heterocycles. The smallest absolute Gasteiger partial charge is 0.256 e. The Balaban J connectivity index is 2.77. The molecule has 1 aliphatic rings. The summed E-state index contributed by atoms with van der Waals surface area (Å²) >= 11 is 0. The lowest BCUT2D eigenvalue weighted by Gasteiger charge is -2.16. The molecule has 1 fully saturated rings. The summed E-state index contributed by atoms with van der Waals surface area (Å²) in [6.45, 7) is 1.54. The van der Waals surface area contributed by atoms with Crippen molar-refractivity contribution in [1.82, 2.24) is 5.32 Å². The van der Waals surface area contributed by atoms with E-state index in [4.69, 9.17) is 5.41 Å². The van der Waals surface area contributed by atoms with Crippen LogP contribution in [0.2, 0.25) is 0 Å². The van der Waals surface area contributed by atoms with Gasteiger partial charge in [-0.15, -0.1) is 0 Å². The van der Waals surface area contributed by atoms with Crippen molar-refractivity contribution in [2.24, 2.45) is 5.92 Å². The van der Waals surface area contributed by atoms with E-state index in [1.165, 1.54) is 25.4 Å². The molecule has 3 N–H and O–H groups in total. The van der Waals surface area contributed by atoms with Gasteiger partial charge in [-0.05, 0) is 37.5 Å². The number of sulfone groups is 1. The molecule has 1 saturated carbocycles. The fraction of sp³-hybridized carbons (Fsp3) is 0.412. The van der Waals surface area contributed by atoms with E-state index in [1.54, 1.807) is 6.92 Å². The highest BCUT2D eigenvalue weighted by atomic mass is 32.2. The number of hydrogen-bond donors (Lipinski definition) is 3. The fourth-order valence-electron chi connectivity index (χ4n) is 2.77. The van der Waals surface area contributed by atoms with E-state index in [1.807, 2.05) is 0 Å². The highest BCUT2D eigenvalue weighted by Gasteiger charge is 2.34. The summed E-state index contributed by atoms with van der Waals surface area (Å²) < 4.78 is 36.1. The van der Waals surface area contributed by atoms with Gasteiger partial charge in [-0.25, -0.2) is 8.42 Å². The van der Waals surface area contributed by atoms with Crippen molar-refractivity contribution in [2.45, 2.75) is 29.6 Å². The monoisotopic (exact) mass is 398 g/mol. The average molecular weight is 399 g/mol. The van der Waals surface area contributed by atoms with Crippen LogP contribution in [0.5, 0.6) is 0 Å². The first-order valence-electron chi connectivity index (χ1n) is 7.92. The Hall–Kier alpha value is -2.00. The molecule has 0 spiro atoms. The predicted octanol–water partition coefficient (Wildman–Crippen LogP) is 1.58. The van der Waals surface area contributed by atoms with Crippen molar-refractivity contribution in [1.29, 1.82) is 5.41 Å². The van der Waals surface area contributed by atoms with Crippen LogP contribution < -0.4 is 5.32 Å². The second kappa shape index (κ2) is 7.32. The first kappa shape index (κ1) is 20.3. The Labute approximate surface area is 155 Å². The highest BCUT2D eigenvalue weighted by Crippen LogP contribution is 2.36. The van der Waals surface area contributed by atoms with E-state index >= 15 is 0 Å². The van der Waals surface area contributed by atoms with E-state index < -0.39 is 32.3 Å². The third-order valence-corrected chi connectivity index (χ3v) is 6.63. The molecule has 1 aromatic carbocycles. The molecule has 1 amide bonds. The number of rotatable bonds is 6. The molecule has 26 heavy (non-hydrogen) atoms. The quantitative estimate of drug-likeness (QED) is 0.381. The maximum Gasteiger partial charge on any atom is 0.256 e. The molecule has 0 bridgehead atoms. The number of nitrogens with one attached hydrogen (secondary N) is 2. The SMILES string of the molecule is CNC(=O)C(C(=N)C1CC1)=C(O)c1ccc(S(C)(=O)=O)c(S(C)=O)c1C. The predicted molar refractivity (Wildman–Crippen MR) is 101 cm³/mol. The molecule has 7 nitrogen and oxygen atoms in total. The topological polar surface area (TPSA) is 124 Å². The first-order chi connectivity index (χ1) is 12.0. The fourth-order valence-corrected chi connectivity index (χ4v) is 5.27. The van der Waals surface area contributed by atoms with Gasteiger partial charge < -0.3 is 15.8 Å². The van der Waals surface area contributed by atoms with Gasteiger partial charge in [0.1, 0.15) is 11.3 Å². The molecule has 142 valence electrons. The van der Waals surface area contributed by atoms with Crippen molar-refractivity contribution in [2.75, 3.05) is 19.6 Å². The van der Waals surface area contributed by atoms with Crippen molar-refractivity contribution in [3.63, 3.8) is 0 Å². The lowest BCUT2D eigenvalue weighted by molar-refractivity contribution is -0.116. The van der Waals surface area contributed by atoms with Crippen LogP contribution in [0.25, 0.3) is 5.76 Å². The number of benzene rings is 1. The minimum absolute atomic E-state index is 0.0487. The minimum Gasteiger partial charge on any atom is -0.506 e. The Morgan fingerprint density at radius 3 is 2.35 bits per heavy atom. The lowest BCUT2D eigenvalue weighted by atomic mass is 9.98. The zero-order chi connectivity index (χ0) is 19.8. The van der Waals surface area contributed by atoms with Gasteiger partial charge in [0.15, 0.2) is 9.84 Å². The van der Waals surface area contributed by atoms with Crippen molar-refractivity contribution in [3.05, 3.63) is 28.8 Å². The van der Waals surface area contributed by atoms with Crippen LogP contribution in [-0.2, 0) is 25.4 Å². The van der Waals surface area contributed by atoms with Crippen LogP contribution in [0.15, 0.2) is 27.5 Å². The molecule has 1 unspecified atom stereocenters. The maximum absolute atomic E-state index is 12.2. The molecular weight excluding hydrogens is 376 g/mol. The average Bonchev–Trinajstić information content (AvgIpc) is 3.37. The normalized spacial score (nSPS) is 16.6. The van der Waals surface area contributed by atoms with Crippen LogP contribution in [-0.4, -0.2) is 48.9 Å². The van der Waals surface area contributed by atoms with Crippen LogP contribution >= 0.6 is 0 Å². The van der Waals surface area contributed by atoms with Crippen molar-refractivity contribution >= 4 is 38.0 Å². The van der Waals surface area contributed by atoms with Gasteiger partial charge in [-0.3, -0.25) is 9.00 Å². The number of carbonyl (C=O) groups excluding carboxylic acids is 1. The molecule has 0 radical (unpaired) electrons. The molecule has 0 heterocycles. The maximum atomic E-state index is 12.2. The number of aliphatic hydroxyl groups is 1. The molecule has 1 aromatic rings. The summed E-state index contributed by atoms with van der Waals surface area (Å²) in [4.78, 5) is 12.2. The molecular formula is C17H22N2O5S2. The number of amides is 1. The van der Waals surface area contributed by atoms with E-state index in [9.17, 15) is 22.5 Å². The molecule has 0 aromatic heterocycles. The highest BCUT2D eigenvalue weighted by molar-refractivity contribution is 7.92. The number of hydrogen-bond acceptors (Lipinski definition) is 6. The standard InChI is InChI=1S/C17H22N2O5S2/c1-9-11(7-8-12(26(4,23)24)16(9)25(3)22)15(20)13(17(21)19-2)14(18)10-5-6-10/h7-8,10,18,20H,5-6H2,1-4H3,(H,19,21). The van der Waals surface area contributed by atoms with Crippen molar-refractivity contribution < 1.29 is 22.5 Å². The van der Waals surface area contributed by atoms with E-state index in [0.29, 0.717) is 5.56 Å². The molecule has 1 aliphatic carbocycles. The molecule has 9 heteroatoms. The summed E-state index contributed by atoms with van der Waals surface area (Å²) in [6.07, 6.45) is 3.94. The summed E-state index contributed by atoms with van der Waals surface area (Å²) in [5.41, 5.74) is 0.397. The summed E-state index contributed by atoms with van der Waals surface area (Å²) in [5, 5.41) is 21.3. The lowest BCUT2D eigenvalue weighted by Crippen LogP contribution is -2.27. The third-order valence-electron chi connectivity index (χ3n) is 4.26. The number of likely N-dealkylation sites (N-methyl/N-ethyl adjacent to an activating group) is 1. The molecule has 1 atom stereocenters. The van der Waals surface area contributed by atoms with Crippen LogP contribution in [0.1, 0.15) is 24.0 Å². The summed E-state index contributed by atoms with van der Waals surface area (Å²) in [7, 11) is -3.84. The van der Waals surface area contributed by atoms with Crippen LogP contribution in [0.3, 0.4) is 0 Å². The van der Waals surface area contributed by atoms with Gasteiger partial charge in [0.05, 0.1) is 26.3 Å². The van der Waals surface area contributed by atoms with E-state index in [-0.39, 0.29) is 32.6 Å². The Bertz CT molecular complexity index is 944. The van der Waals surface area contributed by atoms with Crippen LogP contribution in [0, 0.1) is 18.3 Å². The van der Waals surface area contributed by atoms with E-state index in [0.717, 1.165) is 19.1 Å². The zero-order valence-electron chi connectivity index (χ0n) is 15.0. The summed E-state index contributed by atoms with van der Waals surface area (Å²) in [5.74, 6) is -1.07. The van der Waals surface area contributed by atoms with E-state index in [2.05, 4.69) is 5.32 Å². The largest absolute Gasteiger partial charge is 0.506 e. The Morgan fingerprint density at radius 2 is 1.92 bits per heavy atom. The van der Waals surface area contributed by atoms with Crippen LogP contribution in [0.4, 0.5) is 0 Å². The Morgan fingerprint density at radius 1 is 1.35 bits per heavy atom. The molecule has 0 aliphatic heterocycles. The third kappa shape index (κ3) is 3.88. The number of aliphatic hydroxyl groups excluding tert-OH is 1. The van der Waals surface area contributed by atoms with Gasteiger partial charge in [0.2, 0.25) is 0 Å². The molecule has 2 rings (SSSR count). The second-order valence-corrected chi connectivity index (χ2v) is 9.58. The Kier molecular flexibility index (Phi) is 5.72. The van der Waals surface area contributed by atoms with Gasteiger partial charge in [-0.2, -0.15) is 0 Å². The summed E-state index contributed by atoms with van der Waals surface area (Å²) in [6, 6.07) is 2.65.